The summed E-state index contributed by atoms with van der Waals surface area (Å²) in [6, 6.07) is 3.55. The van der Waals surface area contributed by atoms with Crippen molar-refractivity contribution >= 4 is 29.1 Å². The fourth-order valence-corrected chi connectivity index (χ4v) is 2.94. The summed E-state index contributed by atoms with van der Waals surface area (Å²) in [7, 11) is 1.70. The van der Waals surface area contributed by atoms with E-state index in [1.807, 2.05) is 17.8 Å². The summed E-state index contributed by atoms with van der Waals surface area (Å²) in [4.78, 5) is 12.2. The van der Waals surface area contributed by atoms with Crippen LogP contribution in [0.5, 0.6) is 0 Å². The second-order valence-electron chi connectivity index (χ2n) is 2.97. The molecule has 1 rings (SSSR count). The molecule has 1 heterocycles. The van der Waals surface area contributed by atoms with Gasteiger partial charge in [-0.2, -0.15) is 11.8 Å². The zero-order valence-electron chi connectivity index (χ0n) is 8.56. The molecule has 0 spiro atoms. The normalized spacial score (nSPS) is 10.5. The molecule has 0 aliphatic heterocycles. The molecule has 0 fully saturated rings. The second kappa shape index (κ2) is 6.87. The van der Waals surface area contributed by atoms with E-state index < -0.39 is 5.97 Å². The molecule has 0 radical (unpaired) electrons. The van der Waals surface area contributed by atoms with Gasteiger partial charge in [-0.15, -0.1) is 11.3 Å². The monoisotopic (exact) mass is 246 g/mol. The molecule has 0 aliphatic carbocycles. The van der Waals surface area contributed by atoms with E-state index in [0.717, 1.165) is 29.4 Å². The summed E-state index contributed by atoms with van der Waals surface area (Å²) in [5, 5.41) is 8.73. The summed E-state index contributed by atoms with van der Waals surface area (Å²) >= 11 is 3.16. The lowest BCUT2D eigenvalue weighted by Gasteiger charge is -1.98. The smallest absolute Gasteiger partial charge is 0.345 e. The summed E-state index contributed by atoms with van der Waals surface area (Å²) in [6.45, 7) is 0.790. The van der Waals surface area contributed by atoms with E-state index in [-0.39, 0.29) is 0 Å². The molecule has 1 N–H and O–H groups in total. The van der Waals surface area contributed by atoms with E-state index in [1.54, 1.807) is 13.2 Å². The van der Waals surface area contributed by atoms with Crippen LogP contribution in [0.2, 0.25) is 0 Å². The minimum atomic E-state index is -0.837. The Hall–Kier alpha value is -0.520. The van der Waals surface area contributed by atoms with E-state index >= 15 is 0 Å². The molecule has 1 aromatic rings. The van der Waals surface area contributed by atoms with E-state index in [0.29, 0.717) is 4.88 Å². The highest BCUT2D eigenvalue weighted by Crippen LogP contribution is 2.21. The highest BCUT2D eigenvalue weighted by atomic mass is 32.2. The van der Waals surface area contributed by atoms with Gasteiger partial charge in [0.1, 0.15) is 4.88 Å². The highest BCUT2D eigenvalue weighted by Gasteiger charge is 2.06. The molecule has 0 amide bonds. The van der Waals surface area contributed by atoms with Crippen molar-refractivity contribution in [3.63, 3.8) is 0 Å². The van der Waals surface area contributed by atoms with E-state index in [1.165, 1.54) is 11.3 Å². The van der Waals surface area contributed by atoms with Crippen LogP contribution >= 0.6 is 23.1 Å². The molecule has 84 valence electrons. The molecular weight excluding hydrogens is 232 g/mol. The van der Waals surface area contributed by atoms with Crippen LogP contribution in [-0.2, 0) is 10.5 Å². The zero-order valence-corrected chi connectivity index (χ0v) is 10.2. The van der Waals surface area contributed by atoms with Gasteiger partial charge in [-0.25, -0.2) is 4.79 Å². The topological polar surface area (TPSA) is 46.5 Å². The third-order valence-corrected chi connectivity index (χ3v) is 4.10. The molecular formula is C10H14O3S2. The van der Waals surface area contributed by atoms with Gasteiger partial charge in [0, 0.05) is 24.3 Å². The lowest BCUT2D eigenvalue weighted by molar-refractivity contribution is 0.0702. The molecule has 1 aromatic heterocycles. The third-order valence-electron chi connectivity index (χ3n) is 1.75. The van der Waals surface area contributed by atoms with E-state index in [4.69, 9.17) is 9.84 Å². The van der Waals surface area contributed by atoms with E-state index in [2.05, 4.69) is 0 Å². The average Bonchev–Trinajstić information content (AvgIpc) is 2.66. The van der Waals surface area contributed by atoms with Crippen molar-refractivity contribution in [2.75, 3.05) is 19.5 Å². The van der Waals surface area contributed by atoms with Crippen molar-refractivity contribution in [1.29, 1.82) is 0 Å². The summed E-state index contributed by atoms with van der Waals surface area (Å²) in [6.07, 6.45) is 1.04. The van der Waals surface area contributed by atoms with Gasteiger partial charge in [-0.3, -0.25) is 0 Å². The Kier molecular flexibility index (Phi) is 5.75. The number of methoxy groups -OCH3 is 1. The molecule has 3 nitrogen and oxygen atoms in total. The molecule has 0 aromatic carbocycles. The number of carboxylic acid groups (broad SMARTS) is 1. The van der Waals surface area contributed by atoms with Gasteiger partial charge in [0.15, 0.2) is 0 Å². The molecule has 0 saturated carbocycles. The first-order chi connectivity index (χ1) is 7.24. The summed E-state index contributed by atoms with van der Waals surface area (Å²) in [5.41, 5.74) is 0. The maximum atomic E-state index is 10.6. The number of hydrogen-bond acceptors (Lipinski definition) is 4. The SMILES string of the molecule is COCCCSCc1ccc(C(=O)O)s1. The van der Waals surface area contributed by atoms with Crippen LogP contribution in [0.15, 0.2) is 12.1 Å². The van der Waals surface area contributed by atoms with Crippen molar-refractivity contribution in [1.82, 2.24) is 0 Å². The zero-order chi connectivity index (χ0) is 11.1. The maximum absolute atomic E-state index is 10.6. The third kappa shape index (κ3) is 4.68. The second-order valence-corrected chi connectivity index (χ2v) is 5.24. The standard InChI is InChI=1S/C10H14O3S2/c1-13-5-2-6-14-7-8-3-4-9(15-8)10(11)12/h3-4H,2,5-7H2,1H3,(H,11,12). The van der Waals surface area contributed by atoms with Gasteiger partial charge < -0.3 is 9.84 Å². The maximum Gasteiger partial charge on any atom is 0.345 e. The highest BCUT2D eigenvalue weighted by molar-refractivity contribution is 7.98. The fourth-order valence-electron chi connectivity index (χ4n) is 1.05. The molecule has 0 bridgehead atoms. The molecule has 15 heavy (non-hydrogen) atoms. The van der Waals surface area contributed by atoms with Gasteiger partial charge in [0.05, 0.1) is 0 Å². The first kappa shape index (κ1) is 12.5. The Morgan fingerprint density at radius 1 is 1.60 bits per heavy atom. The van der Waals surface area contributed by atoms with Crippen LogP contribution in [0.1, 0.15) is 21.0 Å². The van der Waals surface area contributed by atoms with Crippen LogP contribution in [0.3, 0.4) is 0 Å². The number of hydrogen-bond donors (Lipinski definition) is 1. The van der Waals surface area contributed by atoms with Crippen LogP contribution in [-0.4, -0.2) is 30.5 Å². The van der Waals surface area contributed by atoms with Crippen LogP contribution in [0, 0.1) is 0 Å². The van der Waals surface area contributed by atoms with Gasteiger partial charge >= 0.3 is 5.97 Å². The Labute approximate surface area is 97.5 Å². The van der Waals surface area contributed by atoms with Crippen molar-refractivity contribution in [2.24, 2.45) is 0 Å². The fraction of sp³-hybridized carbons (Fsp3) is 0.500. The first-order valence-corrected chi connectivity index (χ1v) is 6.60. The number of thiophene rings is 1. The van der Waals surface area contributed by atoms with Gasteiger partial charge in [0.2, 0.25) is 0 Å². The minimum absolute atomic E-state index is 0.419. The van der Waals surface area contributed by atoms with Crippen molar-refractivity contribution < 1.29 is 14.6 Å². The molecule has 0 aliphatic rings. The lowest BCUT2D eigenvalue weighted by Crippen LogP contribution is -1.90. The predicted molar refractivity (Wildman–Crippen MR) is 63.9 cm³/mol. The molecule has 0 unspecified atom stereocenters. The number of thioether (sulfide) groups is 1. The molecule has 0 saturated heterocycles. The van der Waals surface area contributed by atoms with Crippen molar-refractivity contribution in [2.45, 2.75) is 12.2 Å². The number of rotatable bonds is 7. The molecule has 0 atom stereocenters. The number of aromatic carboxylic acids is 1. The Bertz CT molecular complexity index is 309. The summed E-state index contributed by atoms with van der Waals surface area (Å²) < 4.78 is 4.94. The van der Waals surface area contributed by atoms with E-state index in [9.17, 15) is 4.79 Å². The van der Waals surface area contributed by atoms with Gasteiger partial charge in [-0.05, 0) is 24.3 Å². The summed E-state index contributed by atoms with van der Waals surface area (Å²) in [5.74, 6) is 1.10. The Balaban J connectivity index is 2.23. The van der Waals surface area contributed by atoms with Crippen molar-refractivity contribution in [3.05, 3.63) is 21.9 Å². The average molecular weight is 246 g/mol. The van der Waals surface area contributed by atoms with Crippen molar-refractivity contribution in [3.8, 4) is 0 Å². The first-order valence-electron chi connectivity index (χ1n) is 4.62. The van der Waals surface area contributed by atoms with Gasteiger partial charge in [0.25, 0.3) is 0 Å². The van der Waals surface area contributed by atoms with Gasteiger partial charge in [-0.1, -0.05) is 0 Å². The molecule has 5 heteroatoms. The number of ether oxygens (including phenoxy) is 1. The quantitative estimate of drug-likeness (QED) is 0.751. The predicted octanol–water partition coefficient (Wildman–Crippen LogP) is 2.72. The minimum Gasteiger partial charge on any atom is -0.477 e. The van der Waals surface area contributed by atoms with Crippen LogP contribution in [0.4, 0.5) is 0 Å². The largest absolute Gasteiger partial charge is 0.477 e. The van der Waals surface area contributed by atoms with Crippen LogP contribution < -0.4 is 0 Å². The lowest BCUT2D eigenvalue weighted by atomic mass is 10.4. The van der Waals surface area contributed by atoms with Crippen LogP contribution in [0.25, 0.3) is 0 Å². The Morgan fingerprint density at radius 2 is 2.40 bits per heavy atom. The number of carboxylic acids is 1. The Morgan fingerprint density at radius 3 is 3.00 bits per heavy atom. The number of carbonyl (C=O) groups is 1.